The van der Waals surface area contributed by atoms with Crippen molar-refractivity contribution in [3.05, 3.63) is 96.3 Å². The first-order valence-electron chi connectivity index (χ1n) is 14.2. The zero-order valence-electron chi connectivity index (χ0n) is 23.6. The second-order valence-electron chi connectivity index (χ2n) is 10.00. The third-order valence-electron chi connectivity index (χ3n) is 6.68. The van der Waals surface area contributed by atoms with Crippen molar-refractivity contribution in [1.82, 2.24) is 5.32 Å². The highest BCUT2D eigenvalue weighted by Crippen LogP contribution is 2.31. The Morgan fingerprint density at radius 2 is 1.81 bits per heavy atom. The van der Waals surface area contributed by atoms with Gasteiger partial charge in [0.2, 0.25) is 11.8 Å². The van der Waals surface area contributed by atoms with Crippen molar-refractivity contribution in [1.29, 1.82) is 0 Å². The zero-order chi connectivity index (χ0) is 29.6. The maximum absolute atomic E-state index is 13.4. The SMILES string of the molecule is NC(COCc1ccc(F)cc1)=NCCCC[C@@H]1NC(=O)CC/C=C/COc2ccc(-c3ccccc3)cc2NC1=O. The molecule has 220 valence electrons. The lowest BCUT2D eigenvalue weighted by molar-refractivity contribution is -0.126. The van der Waals surface area contributed by atoms with Gasteiger partial charge in [-0.2, -0.15) is 0 Å². The van der Waals surface area contributed by atoms with Crippen molar-refractivity contribution < 1.29 is 23.5 Å². The summed E-state index contributed by atoms with van der Waals surface area (Å²) in [5.41, 5.74) is 9.31. The van der Waals surface area contributed by atoms with Crippen LogP contribution in [0.4, 0.5) is 10.1 Å². The highest BCUT2D eigenvalue weighted by atomic mass is 19.1. The Bertz CT molecular complexity index is 1380. The van der Waals surface area contributed by atoms with Crippen LogP contribution in [-0.2, 0) is 20.9 Å². The molecule has 0 aromatic heterocycles. The van der Waals surface area contributed by atoms with Crippen LogP contribution in [0.2, 0.25) is 0 Å². The van der Waals surface area contributed by atoms with Gasteiger partial charge in [-0.15, -0.1) is 0 Å². The molecule has 42 heavy (non-hydrogen) atoms. The highest BCUT2D eigenvalue weighted by Gasteiger charge is 2.22. The van der Waals surface area contributed by atoms with Crippen molar-refractivity contribution in [3.63, 3.8) is 0 Å². The number of allylic oxidation sites excluding steroid dienone is 1. The van der Waals surface area contributed by atoms with E-state index >= 15 is 0 Å². The van der Waals surface area contributed by atoms with E-state index in [-0.39, 0.29) is 30.7 Å². The zero-order valence-corrected chi connectivity index (χ0v) is 23.6. The fourth-order valence-electron chi connectivity index (χ4n) is 4.44. The number of unbranched alkanes of at least 4 members (excludes halogenated alkanes) is 1. The molecule has 0 fully saturated rings. The van der Waals surface area contributed by atoms with Gasteiger partial charge in [-0.1, -0.05) is 60.7 Å². The Morgan fingerprint density at radius 3 is 2.62 bits per heavy atom. The van der Waals surface area contributed by atoms with E-state index in [2.05, 4.69) is 15.6 Å². The molecule has 0 aliphatic carbocycles. The van der Waals surface area contributed by atoms with E-state index in [4.69, 9.17) is 15.2 Å². The number of hydrogen-bond donors (Lipinski definition) is 3. The normalized spacial score (nSPS) is 17.0. The van der Waals surface area contributed by atoms with Crippen LogP contribution in [0.5, 0.6) is 5.75 Å². The topological polar surface area (TPSA) is 115 Å². The number of fused-ring (bicyclic) bond motifs is 1. The number of rotatable bonds is 10. The predicted octanol–water partition coefficient (Wildman–Crippen LogP) is 5.39. The summed E-state index contributed by atoms with van der Waals surface area (Å²) in [6.07, 6.45) is 6.39. The summed E-state index contributed by atoms with van der Waals surface area (Å²) < 4.78 is 24.5. The molecule has 9 heteroatoms. The van der Waals surface area contributed by atoms with Crippen molar-refractivity contribution in [2.75, 3.05) is 25.1 Å². The molecule has 3 aromatic carbocycles. The molecule has 2 amide bonds. The predicted molar refractivity (Wildman–Crippen MR) is 163 cm³/mol. The van der Waals surface area contributed by atoms with Crippen molar-refractivity contribution in [2.24, 2.45) is 10.7 Å². The summed E-state index contributed by atoms with van der Waals surface area (Å²) in [5.74, 6) is 0.145. The van der Waals surface area contributed by atoms with E-state index in [1.54, 1.807) is 12.1 Å². The molecule has 1 atom stereocenters. The lowest BCUT2D eigenvalue weighted by Gasteiger charge is -2.20. The quantitative estimate of drug-likeness (QED) is 0.130. The first-order chi connectivity index (χ1) is 20.5. The molecule has 0 saturated carbocycles. The van der Waals surface area contributed by atoms with Gasteiger partial charge in [0, 0.05) is 13.0 Å². The molecule has 0 spiro atoms. The van der Waals surface area contributed by atoms with Crippen LogP contribution in [0.15, 0.2) is 89.9 Å². The van der Waals surface area contributed by atoms with Gasteiger partial charge in [-0.05, 0) is 66.6 Å². The van der Waals surface area contributed by atoms with Gasteiger partial charge in [0.1, 0.15) is 36.7 Å². The number of amides is 2. The Kier molecular flexibility index (Phi) is 11.7. The maximum Gasteiger partial charge on any atom is 0.247 e. The van der Waals surface area contributed by atoms with Crippen LogP contribution >= 0.6 is 0 Å². The molecular formula is C33H37FN4O4. The Hall–Kier alpha value is -4.50. The van der Waals surface area contributed by atoms with Gasteiger partial charge in [0.05, 0.1) is 12.3 Å². The number of nitrogens with one attached hydrogen (secondary N) is 2. The van der Waals surface area contributed by atoms with Crippen molar-refractivity contribution >= 4 is 23.3 Å². The van der Waals surface area contributed by atoms with E-state index in [9.17, 15) is 14.0 Å². The molecule has 0 saturated heterocycles. The number of aliphatic imine (C=N–C) groups is 1. The van der Waals surface area contributed by atoms with Crippen LogP contribution in [0.25, 0.3) is 11.1 Å². The lowest BCUT2D eigenvalue weighted by Crippen LogP contribution is -2.43. The minimum absolute atomic E-state index is 0.166. The molecule has 8 nitrogen and oxygen atoms in total. The van der Waals surface area contributed by atoms with Crippen molar-refractivity contribution in [3.8, 4) is 16.9 Å². The largest absolute Gasteiger partial charge is 0.487 e. The second kappa shape index (κ2) is 16.1. The third-order valence-corrected chi connectivity index (χ3v) is 6.68. The fourth-order valence-corrected chi connectivity index (χ4v) is 4.44. The molecule has 1 aliphatic heterocycles. The van der Waals surface area contributed by atoms with Gasteiger partial charge >= 0.3 is 0 Å². The number of hydrogen-bond acceptors (Lipinski definition) is 5. The molecule has 0 radical (unpaired) electrons. The van der Waals surface area contributed by atoms with E-state index in [0.717, 1.165) is 16.7 Å². The van der Waals surface area contributed by atoms with Gasteiger partial charge in [0.15, 0.2) is 0 Å². The smallest absolute Gasteiger partial charge is 0.247 e. The number of halogens is 1. The molecule has 0 unspecified atom stereocenters. The minimum Gasteiger partial charge on any atom is -0.487 e. The highest BCUT2D eigenvalue weighted by molar-refractivity contribution is 5.98. The first-order valence-corrected chi connectivity index (χ1v) is 14.2. The van der Waals surface area contributed by atoms with Gasteiger partial charge in [-0.3, -0.25) is 14.6 Å². The summed E-state index contributed by atoms with van der Waals surface area (Å²) in [6, 6.07) is 21.0. The molecule has 4 N–H and O–H groups in total. The van der Waals surface area contributed by atoms with Crippen molar-refractivity contribution in [2.45, 2.75) is 44.8 Å². The monoisotopic (exact) mass is 572 g/mol. The Balaban J connectivity index is 1.34. The number of benzene rings is 3. The Labute approximate surface area is 245 Å². The maximum atomic E-state index is 13.4. The molecule has 1 heterocycles. The minimum atomic E-state index is -0.712. The summed E-state index contributed by atoms with van der Waals surface area (Å²) in [4.78, 5) is 30.4. The average molecular weight is 573 g/mol. The molecule has 1 aliphatic rings. The van der Waals surface area contributed by atoms with E-state index in [0.29, 0.717) is 62.7 Å². The van der Waals surface area contributed by atoms with Crippen LogP contribution in [0, 0.1) is 5.82 Å². The number of carbonyl (C=O) groups is 2. The first kappa shape index (κ1) is 30.5. The molecule has 3 aromatic rings. The average Bonchev–Trinajstić information content (AvgIpc) is 3.00. The van der Waals surface area contributed by atoms with Crippen LogP contribution in [-0.4, -0.2) is 43.5 Å². The third kappa shape index (κ3) is 9.85. The second-order valence-corrected chi connectivity index (χ2v) is 10.00. The van der Waals surface area contributed by atoms with Crippen LogP contribution in [0.3, 0.4) is 0 Å². The molecule has 0 bridgehead atoms. The summed E-state index contributed by atoms with van der Waals surface area (Å²) in [7, 11) is 0. The lowest BCUT2D eigenvalue weighted by atomic mass is 10.0. The number of carbonyl (C=O) groups excluding carboxylic acids is 2. The number of nitrogens with two attached hydrogens (primary N) is 1. The summed E-state index contributed by atoms with van der Waals surface area (Å²) in [6.45, 7) is 1.28. The fraction of sp³-hybridized carbons (Fsp3) is 0.303. The molecule has 4 rings (SSSR count). The van der Waals surface area contributed by atoms with E-state index < -0.39 is 6.04 Å². The standard InChI is InChI=1S/C33H37FN4O4/c34-27-16-13-24(14-17-27)22-41-23-31(35)36-19-7-6-11-28-33(40)38-29-21-26(25-9-3-1-4-10-25)15-18-30(29)42-20-8-2-5-12-32(39)37-28/h1-4,8-10,13-18,21,28H,5-7,11-12,19-20,22-23H2,(H2,35,36)(H,37,39)(H,38,40)/b8-2+/t28-/m0/s1. The van der Waals surface area contributed by atoms with Crippen LogP contribution < -0.4 is 21.1 Å². The van der Waals surface area contributed by atoms with Gasteiger partial charge in [0.25, 0.3) is 0 Å². The molecular weight excluding hydrogens is 535 g/mol. The number of nitrogens with zero attached hydrogens (tertiary/aromatic N) is 1. The van der Waals surface area contributed by atoms with Gasteiger partial charge < -0.3 is 25.8 Å². The summed E-state index contributed by atoms with van der Waals surface area (Å²) in [5, 5.41) is 5.89. The van der Waals surface area contributed by atoms with E-state index in [1.165, 1.54) is 12.1 Å². The van der Waals surface area contributed by atoms with Gasteiger partial charge in [-0.25, -0.2) is 4.39 Å². The Morgan fingerprint density at radius 1 is 1.00 bits per heavy atom. The number of ether oxygens (including phenoxy) is 2. The van der Waals surface area contributed by atoms with Crippen LogP contribution in [0.1, 0.15) is 37.7 Å². The number of amidine groups is 1. The van der Waals surface area contributed by atoms with E-state index in [1.807, 2.05) is 60.7 Å². The number of anilines is 1. The summed E-state index contributed by atoms with van der Waals surface area (Å²) >= 11 is 0.